The molecule has 0 bridgehead atoms. The number of aliphatic hydroxyl groups excluding tert-OH is 1. The van der Waals surface area contributed by atoms with Gasteiger partial charge in [0.2, 0.25) is 5.89 Å². The fourth-order valence-corrected chi connectivity index (χ4v) is 1.17. The molecule has 1 heterocycles. The summed E-state index contributed by atoms with van der Waals surface area (Å²) in [6.07, 6.45) is 0.0981. The zero-order valence-electron chi connectivity index (χ0n) is 10.5. The summed E-state index contributed by atoms with van der Waals surface area (Å²) in [7, 11) is 1.63. The van der Waals surface area contributed by atoms with Crippen LogP contribution < -0.4 is 0 Å². The lowest BCUT2D eigenvalue weighted by Crippen LogP contribution is -2.11. The van der Waals surface area contributed by atoms with Gasteiger partial charge in [-0.25, -0.2) is 0 Å². The Balaban J connectivity index is 2.31. The Labute approximate surface area is 101 Å². The summed E-state index contributed by atoms with van der Waals surface area (Å²) in [6.45, 7) is 5.21. The zero-order valence-corrected chi connectivity index (χ0v) is 10.5. The molecule has 0 radical (unpaired) electrons. The molecule has 0 aliphatic heterocycles. The largest absolute Gasteiger partial charge is 0.393 e. The Hall–Kier alpha value is -0.980. The zero-order chi connectivity index (χ0) is 12.7. The third-order valence-electron chi connectivity index (χ3n) is 2.50. The predicted molar refractivity (Wildman–Crippen MR) is 60.8 cm³/mol. The van der Waals surface area contributed by atoms with Gasteiger partial charge >= 0.3 is 0 Å². The highest BCUT2D eigenvalue weighted by Gasteiger charge is 2.18. The Morgan fingerprint density at radius 1 is 1.29 bits per heavy atom. The fourth-order valence-electron chi connectivity index (χ4n) is 1.17. The van der Waals surface area contributed by atoms with Gasteiger partial charge in [0, 0.05) is 13.5 Å². The van der Waals surface area contributed by atoms with Gasteiger partial charge in [0.1, 0.15) is 0 Å². The van der Waals surface area contributed by atoms with Crippen LogP contribution in [0.25, 0.3) is 0 Å². The van der Waals surface area contributed by atoms with Crippen molar-refractivity contribution in [2.24, 2.45) is 0 Å². The second-order valence-corrected chi connectivity index (χ2v) is 3.93. The van der Waals surface area contributed by atoms with Crippen molar-refractivity contribution in [3.63, 3.8) is 0 Å². The molecule has 0 saturated heterocycles. The summed E-state index contributed by atoms with van der Waals surface area (Å²) >= 11 is 0. The van der Waals surface area contributed by atoms with Crippen LogP contribution in [0.3, 0.4) is 0 Å². The van der Waals surface area contributed by atoms with E-state index in [1.54, 1.807) is 14.0 Å². The first kappa shape index (κ1) is 14.1. The van der Waals surface area contributed by atoms with Crippen LogP contribution in [-0.4, -0.2) is 48.3 Å². The van der Waals surface area contributed by atoms with Crippen LogP contribution in [0.15, 0.2) is 4.52 Å². The van der Waals surface area contributed by atoms with Crippen molar-refractivity contribution >= 4 is 0 Å². The molecule has 0 fully saturated rings. The van der Waals surface area contributed by atoms with E-state index in [0.29, 0.717) is 38.0 Å². The average Bonchev–Trinajstić information content (AvgIpc) is 2.76. The van der Waals surface area contributed by atoms with E-state index < -0.39 is 6.10 Å². The van der Waals surface area contributed by atoms with Gasteiger partial charge < -0.3 is 19.1 Å². The number of rotatable bonds is 8. The summed E-state index contributed by atoms with van der Waals surface area (Å²) in [5.74, 6) is 0.919. The van der Waals surface area contributed by atoms with Crippen molar-refractivity contribution in [3.05, 3.63) is 11.7 Å². The second kappa shape index (κ2) is 7.37. The molecule has 6 heteroatoms. The first-order chi connectivity index (χ1) is 8.15. The molecule has 0 aromatic carbocycles. The lowest BCUT2D eigenvalue weighted by molar-refractivity contribution is 0.0714. The summed E-state index contributed by atoms with van der Waals surface area (Å²) in [5, 5.41) is 13.2. The van der Waals surface area contributed by atoms with E-state index in [0.717, 1.165) is 0 Å². The number of hydrogen-bond donors (Lipinski definition) is 1. The molecule has 0 amide bonds. The highest BCUT2D eigenvalue weighted by atomic mass is 16.5. The van der Waals surface area contributed by atoms with Crippen molar-refractivity contribution in [3.8, 4) is 0 Å². The fraction of sp³-hybridized carbons (Fsp3) is 0.818. The standard InChI is InChI=1S/C11H20N2O4/c1-8(9(2)14)11-12-10(13-17-11)4-5-16-7-6-15-3/h8-9,14H,4-7H2,1-3H3. The van der Waals surface area contributed by atoms with Crippen molar-refractivity contribution in [1.29, 1.82) is 0 Å². The lowest BCUT2D eigenvalue weighted by atomic mass is 10.1. The van der Waals surface area contributed by atoms with Crippen LogP contribution in [-0.2, 0) is 15.9 Å². The highest BCUT2D eigenvalue weighted by molar-refractivity contribution is 4.94. The molecular formula is C11H20N2O4. The smallest absolute Gasteiger partial charge is 0.232 e. The summed E-state index contributed by atoms with van der Waals surface area (Å²) in [6, 6.07) is 0. The van der Waals surface area contributed by atoms with E-state index >= 15 is 0 Å². The number of aromatic nitrogens is 2. The minimum absolute atomic E-state index is 0.148. The minimum Gasteiger partial charge on any atom is -0.393 e. The van der Waals surface area contributed by atoms with Crippen LogP contribution in [0, 0.1) is 0 Å². The molecule has 1 N–H and O–H groups in total. The molecule has 0 aliphatic carbocycles. The van der Waals surface area contributed by atoms with Crippen LogP contribution >= 0.6 is 0 Å². The highest BCUT2D eigenvalue weighted by Crippen LogP contribution is 2.16. The van der Waals surface area contributed by atoms with E-state index in [1.807, 2.05) is 6.92 Å². The van der Waals surface area contributed by atoms with Gasteiger partial charge in [-0.2, -0.15) is 4.98 Å². The molecule has 1 aromatic heterocycles. The van der Waals surface area contributed by atoms with Gasteiger partial charge in [-0.15, -0.1) is 0 Å². The van der Waals surface area contributed by atoms with E-state index in [2.05, 4.69) is 10.1 Å². The van der Waals surface area contributed by atoms with Gasteiger partial charge in [-0.3, -0.25) is 0 Å². The molecule has 1 aromatic rings. The van der Waals surface area contributed by atoms with Crippen LogP contribution in [0.5, 0.6) is 0 Å². The van der Waals surface area contributed by atoms with E-state index in [9.17, 15) is 5.11 Å². The first-order valence-electron chi connectivity index (χ1n) is 5.72. The normalized spacial score (nSPS) is 14.8. The van der Waals surface area contributed by atoms with Crippen molar-refractivity contribution in [2.45, 2.75) is 32.3 Å². The summed E-state index contributed by atoms with van der Waals surface area (Å²) in [5.41, 5.74) is 0. The molecule has 2 unspecified atom stereocenters. The van der Waals surface area contributed by atoms with Crippen molar-refractivity contribution in [1.82, 2.24) is 10.1 Å². The molecule has 2 atom stereocenters. The number of nitrogens with zero attached hydrogens (tertiary/aromatic N) is 2. The quantitative estimate of drug-likeness (QED) is 0.680. The van der Waals surface area contributed by atoms with Crippen LogP contribution in [0.2, 0.25) is 0 Å². The lowest BCUT2D eigenvalue weighted by Gasteiger charge is -2.07. The van der Waals surface area contributed by atoms with E-state index in [4.69, 9.17) is 14.0 Å². The molecule has 6 nitrogen and oxygen atoms in total. The second-order valence-electron chi connectivity index (χ2n) is 3.93. The Morgan fingerprint density at radius 3 is 2.71 bits per heavy atom. The SMILES string of the molecule is COCCOCCc1noc(C(C)C(C)O)n1. The Kier molecular flexibility index (Phi) is 6.10. The van der Waals surface area contributed by atoms with Gasteiger partial charge in [0.15, 0.2) is 5.82 Å². The number of hydrogen-bond acceptors (Lipinski definition) is 6. The summed E-state index contributed by atoms with van der Waals surface area (Å²) in [4.78, 5) is 4.20. The van der Waals surface area contributed by atoms with Gasteiger partial charge in [0.05, 0.1) is 31.8 Å². The maximum atomic E-state index is 9.39. The Morgan fingerprint density at radius 2 is 2.06 bits per heavy atom. The molecular weight excluding hydrogens is 224 g/mol. The van der Waals surface area contributed by atoms with Crippen molar-refractivity contribution < 1.29 is 19.1 Å². The number of aliphatic hydroxyl groups is 1. The maximum Gasteiger partial charge on any atom is 0.232 e. The van der Waals surface area contributed by atoms with Crippen molar-refractivity contribution in [2.75, 3.05) is 26.9 Å². The summed E-state index contributed by atoms with van der Waals surface area (Å²) < 4.78 is 15.2. The Bertz CT molecular complexity index is 314. The predicted octanol–water partition coefficient (Wildman–Crippen LogP) is 0.759. The van der Waals surface area contributed by atoms with Crippen LogP contribution in [0.1, 0.15) is 31.5 Å². The topological polar surface area (TPSA) is 77.6 Å². The maximum absolute atomic E-state index is 9.39. The number of ether oxygens (including phenoxy) is 2. The van der Waals surface area contributed by atoms with Gasteiger partial charge in [-0.1, -0.05) is 12.1 Å². The van der Waals surface area contributed by atoms with Crippen LogP contribution in [0.4, 0.5) is 0 Å². The molecule has 0 aliphatic rings. The van der Waals surface area contributed by atoms with E-state index in [1.165, 1.54) is 0 Å². The number of methoxy groups -OCH3 is 1. The third kappa shape index (κ3) is 4.80. The molecule has 0 saturated carbocycles. The third-order valence-corrected chi connectivity index (χ3v) is 2.50. The monoisotopic (exact) mass is 244 g/mol. The average molecular weight is 244 g/mol. The molecule has 1 rings (SSSR count). The molecule has 98 valence electrons. The first-order valence-corrected chi connectivity index (χ1v) is 5.72. The molecule has 17 heavy (non-hydrogen) atoms. The molecule has 0 spiro atoms. The van der Waals surface area contributed by atoms with Gasteiger partial charge in [-0.05, 0) is 6.92 Å². The minimum atomic E-state index is -0.499. The van der Waals surface area contributed by atoms with Gasteiger partial charge in [0.25, 0.3) is 0 Å². The van der Waals surface area contributed by atoms with E-state index in [-0.39, 0.29) is 5.92 Å².